The number of hydrogen-bond acceptors (Lipinski definition) is 3. The summed E-state index contributed by atoms with van der Waals surface area (Å²) in [5.41, 5.74) is 25.2. The lowest BCUT2D eigenvalue weighted by Gasteiger charge is -2.28. The first-order valence-corrected chi connectivity index (χ1v) is 13.7. The maximum Gasteiger partial charge on any atom is 0.158 e. The third-order valence-corrected chi connectivity index (χ3v) is 7.97. The lowest BCUT2D eigenvalue weighted by molar-refractivity contribution is 0.572. The Hall–Kier alpha value is -4.86. The largest absolute Gasteiger partial charge is 0.458 e. The summed E-state index contributed by atoms with van der Waals surface area (Å²) in [6.07, 6.45) is 9.92. The van der Waals surface area contributed by atoms with Gasteiger partial charge in [0.1, 0.15) is 11.4 Å². The highest BCUT2D eigenvalue weighted by molar-refractivity contribution is 6.00. The van der Waals surface area contributed by atoms with Crippen molar-refractivity contribution in [3.05, 3.63) is 156 Å². The van der Waals surface area contributed by atoms with E-state index < -0.39 is 5.66 Å². The number of fused-ring (bicyclic) bond motifs is 2. The number of allylic oxidation sites excluding steroid dienone is 4. The van der Waals surface area contributed by atoms with Gasteiger partial charge in [-0.15, -0.1) is 5.73 Å². The Morgan fingerprint density at radius 2 is 1.71 bits per heavy atom. The van der Waals surface area contributed by atoms with E-state index >= 15 is 0 Å². The molecule has 0 saturated heterocycles. The van der Waals surface area contributed by atoms with Gasteiger partial charge in [-0.05, 0) is 61.3 Å². The van der Waals surface area contributed by atoms with Crippen LogP contribution in [0.1, 0.15) is 28.1 Å². The number of aromatic nitrogens is 1. The van der Waals surface area contributed by atoms with Gasteiger partial charge < -0.3 is 20.5 Å². The van der Waals surface area contributed by atoms with Gasteiger partial charge >= 0.3 is 0 Å². The van der Waals surface area contributed by atoms with Gasteiger partial charge in [0, 0.05) is 33.2 Å². The number of aryl methyl sites for hydroxylation is 1. The Morgan fingerprint density at radius 1 is 0.976 bits per heavy atom. The summed E-state index contributed by atoms with van der Waals surface area (Å²) in [6.45, 7) is 12.5. The fourth-order valence-electron chi connectivity index (χ4n) is 5.97. The molecule has 0 atom stereocenters. The maximum atomic E-state index is 6.78. The summed E-state index contributed by atoms with van der Waals surface area (Å²) in [4.78, 5) is 0. The van der Waals surface area contributed by atoms with E-state index in [-0.39, 0.29) is 0 Å². The normalized spacial score (nSPS) is 13.4. The molecule has 5 aromatic rings. The maximum absolute atomic E-state index is 6.78. The van der Waals surface area contributed by atoms with Crippen molar-refractivity contribution in [2.75, 3.05) is 0 Å². The molecule has 2 aromatic heterocycles. The molecule has 0 bridgehead atoms. The van der Waals surface area contributed by atoms with Crippen molar-refractivity contribution >= 4 is 33.0 Å². The van der Waals surface area contributed by atoms with Gasteiger partial charge in [0.25, 0.3) is 0 Å². The number of hydrogen-bond donors (Lipinski definition) is 2. The average Bonchev–Trinajstić information content (AvgIpc) is 3.70. The smallest absolute Gasteiger partial charge is 0.158 e. The van der Waals surface area contributed by atoms with Gasteiger partial charge in [-0.25, -0.2) is 0 Å². The minimum Gasteiger partial charge on any atom is -0.458 e. The molecule has 3 aromatic carbocycles. The van der Waals surface area contributed by atoms with Crippen LogP contribution in [0.5, 0.6) is 0 Å². The van der Waals surface area contributed by atoms with Gasteiger partial charge in [-0.2, -0.15) is 0 Å². The summed E-state index contributed by atoms with van der Waals surface area (Å²) in [5.74, 6) is 0.735. The number of nitrogens with two attached hydrogens (primary N) is 2. The first kappa shape index (κ1) is 26.4. The standard InChI is InChI=1S/C37H33N3O/c1-5-14-32(37(38,39)28-17-9-10-18-28)35-26(4)41-36-30(35)20-13-22-34(36)40-25(3)31(29-19-11-12-21-33(29)40)23-24(2)27-15-7-6-8-16-27/h5-17,19-22H,1-2,23,38-39H2,3-4H3/b32-14+. The lowest BCUT2D eigenvalue weighted by atomic mass is 9.86. The van der Waals surface area contributed by atoms with Crippen LogP contribution in [0.15, 0.2) is 132 Å². The van der Waals surface area contributed by atoms with Crippen LogP contribution in [-0.2, 0) is 6.42 Å². The molecule has 6 rings (SSSR count). The Kier molecular flexibility index (Phi) is 6.61. The molecule has 0 radical (unpaired) electrons. The second-order valence-corrected chi connectivity index (χ2v) is 10.5. The molecule has 0 spiro atoms. The number of rotatable bonds is 8. The van der Waals surface area contributed by atoms with Crippen LogP contribution in [0.25, 0.3) is 38.7 Å². The van der Waals surface area contributed by atoms with Crippen molar-refractivity contribution in [1.29, 1.82) is 0 Å². The SMILES string of the molecule is C=C/C=C(\c1c(C)oc2c(-n3c(C)c(CC(=C)c4ccccc4)c4ccccc43)cccc12)C(N)(N)C1=C=CC=C1. The lowest BCUT2D eigenvalue weighted by Crippen LogP contribution is -2.51. The Bertz CT molecular complexity index is 1970. The molecule has 0 fully saturated rings. The zero-order chi connectivity index (χ0) is 28.7. The second-order valence-electron chi connectivity index (χ2n) is 10.5. The molecule has 0 saturated carbocycles. The fraction of sp³-hybridized carbons (Fsp3) is 0.108. The van der Waals surface area contributed by atoms with Crippen LogP contribution in [0.2, 0.25) is 0 Å². The summed E-state index contributed by atoms with van der Waals surface area (Å²) in [6, 6.07) is 25.1. The van der Waals surface area contributed by atoms with E-state index in [0.29, 0.717) is 5.57 Å². The average molecular weight is 536 g/mol. The van der Waals surface area contributed by atoms with Crippen LogP contribution < -0.4 is 11.5 Å². The zero-order valence-electron chi connectivity index (χ0n) is 23.4. The minimum absolute atomic E-state index is 0.700. The highest BCUT2D eigenvalue weighted by Gasteiger charge is 2.33. The van der Waals surface area contributed by atoms with Crippen molar-refractivity contribution in [1.82, 2.24) is 4.57 Å². The fourth-order valence-corrected chi connectivity index (χ4v) is 5.97. The number of nitrogens with zero attached hydrogens (tertiary/aromatic N) is 1. The van der Waals surface area contributed by atoms with Crippen molar-refractivity contribution in [2.45, 2.75) is 25.9 Å². The monoisotopic (exact) mass is 535 g/mol. The topological polar surface area (TPSA) is 70.1 Å². The molecule has 1 aliphatic carbocycles. The molecule has 202 valence electrons. The van der Waals surface area contributed by atoms with Crippen molar-refractivity contribution < 1.29 is 4.42 Å². The van der Waals surface area contributed by atoms with E-state index in [0.717, 1.165) is 62.3 Å². The molecule has 4 heteroatoms. The van der Waals surface area contributed by atoms with Crippen molar-refractivity contribution in [2.24, 2.45) is 11.5 Å². The van der Waals surface area contributed by atoms with Gasteiger partial charge in [-0.3, -0.25) is 0 Å². The highest BCUT2D eigenvalue weighted by Crippen LogP contribution is 2.41. The first-order valence-electron chi connectivity index (χ1n) is 13.7. The van der Waals surface area contributed by atoms with E-state index in [1.165, 1.54) is 10.9 Å². The van der Waals surface area contributed by atoms with Gasteiger partial charge in [0.2, 0.25) is 0 Å². The summed E-state index contributed by atoms with van der Waals surface area (Å²) in [5, 5.41) is 2.14. The Labute approximate surface area is 240 Å². The highest BCUT2D eigenvalue weighted by atomic mass is 16.3. The molecule has 0 amide bonds. The van der Waals surface area contributed by atoms with Crippen LogP contribution in [0.3, 0.4) is 0 Å². The number of benzene rings is 3. The Morgan fingerprint density at radius 3 is 2.44 bits per heavy atom. The third kappa shape index (κ3) is 4.35. The van der Waals surface area contributed by atoms with E-state index in [1.54, 1.807) is 6.08 Å². The van der Waals surface area contributed by atoms with Gasteiger partial charge in [0.05, 0.1) is 11.2 Å². The van der Waals surface area contributed by atoms with Crippen LogP contribution in [0.4, 0.5) is 0 Å². The molecule has 0 unspecified atom stereocenters. The zero-order valence-corrected chi connectivity index (χ0v) is 23.4. The predicted molar refractivity (Wildman–Crippen MR) is 172 cm³/mol. The van der Waals surface area contributed by atoms with Gasteiger partial charge in [-0.1, -0.05) is 92.0 Å². The summed E-state index contributed by atoms with van der Waals surface area (Å²) >= 11 is 0. The molecule has 1 aliphatic rings. The van der Waals surface area contributed by atoms with Gasteiger partial charge in [0.15, 0.2) is 5.58 Å². The van der Waals surface area contributed by atoms with E-state index in [2.05, 4.69) is 97.1 Å². The summed E-state index contributed by atoms with van der Waals surface area (Å²) in [7, 11) is 0. The van der Waals surface area contributed by atoms with E-state index in [4.69, 9.17) is 15.9 Å². The van der Waals surface area contributed by atoms with Crippen LogP contribution in [-0.4, -0.2) is 10.2 Å². The number of furan rings is 1. The molecular weight excluding hydrogens is 502 g/mol. The Balaban J connectivity index is 1.54. The quantitative estimate of drug-likeness (QED) is 0.120. The second kappa shape index (κ2) is 10.3. The molecule has 0 aliphatic heterocycles. The first-order chi connectivity index (χ1) is 19.8. The number of para-hydroxylation sites is 2. The molecule has 2 heterocycles. The molecule has 4 N–H and O–H groups in total. The van der Waals surface area contributed by atoms with E-state index in [1.807, 2.05) is 37.3 Å². The van der Waals surface area contributed by atoms with E-state index in [9.17, 15) is 0 Å². The summed E-state index contributed by atoms with van der Waals surface area (Å²) < 4.78 is 8.84. The van der Waals surface area contributed by atoms with Crippen LogP contribution in [0, 0.1) is 13.8 Å². The van der Waals surface area contributed by atoms with Crippen molar-refractivity contribution in [3.8, 4) is 5.69 Å². The predicted octanol–water partition coefficient (Wildman–Crippen LogP) is 8.08. The van der Waals surface area contributed by atoms with Crippen molar-refractivity contribution in [3.63, 3.8) is 0 Å². The third-order valence-electron chi connectivity index (χ3n) is 7.97. The minimum atomic E-state index is -1.28. The van der Waals surface area contributed by atoms with Crippen LogP contribution >= 0.6 is 0 Å². The molecular formula is C37H33N3O. The molecule has 4 nitrogen and oxygen atoms in total. The molecule has 41 heavy (non-hydrogen) atoms.